The monoisotopic (exact) mass is 228 g/mol. The molecule has 0 aliphatic rings. The van der Waals surface area contributed by atoms with E-state index in [1.165, 1.54) is 18.6 Å². The van der Waals surface area contributed by atoms with Crippen LogP contribution in [0.1, 0.15) is 21.6 Å². The Morgan fingerprint density at radius 3 is 2.71 bits per heavy atom. The second kappa shape index (κ2) is 4.74. The summed E-state index contributed by atoms with van der Waals surface area (Å²) in [4.78, 5) is 19.9. The summed E-state index contributed by atoms with van der Waals surface area (Å²) in [5.74, 6) is 0.629. The molecule has 0 atom stereocenters. The predicted molar refractivity (Wildman–Crippen MR) is 63.2 cm³/mol. The van der Waals surface area contributed by atoms with Crippen molar-refractivity contribution >= 4 is 5.78 Å². The zero-order valence-corrected chi connectivity index (χ0v) is 9.68. The maximum absolute atomic E-state index is 12.1. The molecule has 2 aromatic rings. The Morgan fingerprint density at radius 2 is 2.12 bits per heavy atom. The van der Waals surface area contributed by atoms with E-state index in [1.807, 2.05) is 6.92 Å². The summed E-state index contributed by atoms with van der Waals surface area (Å²) in [5, 5.41) is 0. The standard InChI is InChI=1S/C13H12N2O2/c1-9-7-10(3-4-12(9)17-2)13(16)11-8-14-5-6-15-11/h3-8H,1-2H3. The number of aromatic nitrogens is 2. The van der Waals surface area contributed by atoms with Crippen molar-refractivity contribution in [1.82, 2.24) is 9.97 Å². The van der Waals surface area contributed by atoms with Gasteiger partial charge in [0, 0.05) is 18.0 Å². The Labute approximate surface area is 99.3 Å². The molecular weight excluding hydrogens is 216 g/mol. The molecule has 0 saturated carbocycles. The van der Waals surface area contributed by atoms with Crippen LogP contribution in [0.5, 0.6) is 5.75 Å². The third kappa shape index (κ3) is 2.30. The lowest BCUT2D eigenvalue weighted by Crippen LogP contribution is -2.04. The Bertz CT molecular complexity index is 538. The Hall–Kier alpha value is -2.23. The minimum Gasteiger partial charge on any atom is -0.496 e. The van der Waals surface area contributed by atoms with Crippen LogP contribution in [0, 0.1) is 6.92 Å². The topological polar surface area (TPSA) is 52.1 Å². The number of ketones is 1. The van der Waals surface area contributed by atoms with Crippen LogP contribution in [0.3, 0.4) is 0 Å². The summed E-state index contributed by atoms with van der Waals surface area (Å²) in [5.41, 5.74) is 1.85. The molecule has 1 aromatic carbocycles. The fraction of sp³-hybridized carbons (Fsp3) is 0.154. The molecule has 0 amide bonds. The minimum atomic E-state index is -0.135. The molecule has 0 aliphatic carbocycles. The quantitative estimate of drug-likeness (QED) is 0.754. The molecule has 1 heterocycles. The third-order valence-electron chi connectivity index (χ3n) is 2.45. The molecule has 0 unspecified atom stereocenters. The normalized spacial score (nSPS) is 10.0. The number of hydrogen-bond acceptors (Lipinski definition) is 4. The van der Waals surface area contributed by atoms with Crippen molar-refractivity contribution in [2.24, 2.45) is 0 Å². The number of hydrogen-bond donors (Lipinski definition) is 0. The first kappa shape index (κ1) is 11.3. The first-order valence-corrected chi connectivity index (χ1v) is 5.17. The number of rotatable bonds is 3. The fourth-order valence-corrected chi connectivity index (χ4v) is 1.58. The van der Waals surface area contributed by atoms with E-state index in [9.17, 15) is 4.79 Å². The van der Waals surface area contributed by atoms with Gasteiger partial charge in [-0.2, -0.15) is 0 Å². The lowest BCUT2D eigenvalue weighted by molar-refractivity contribution is 0.103. The molecule has 1 aromatic heterocycles. The number of aryl methyl sites for hydroxylation is 1. The van der Waals surface area contributed by atoms with Gasteiger partial charge >= 0.3 is 0 Å². The number of benzene rings is 1. The van der Waals surface area contributed by atoms with E-state index in [-0.39, 0.29) is 5.78 Å². The molecule has 86 valence electrons. The maximum atomic E-state index is 12.1. The minimum absolute atomic E-state index is 0.135. The summed E-state index contributed by atoms with van der Waals surface area (Å²) in [6.45, 7) is 1.90. The van der Waals surface area contributed by atoms with Gasteiger partial charge < -0.3 is 4.74 Å². The number of carbonyl (C=O) groups excluding carboxylic acids is 1. The van der Waals surface area contributed by atoms with Gasteiger partial charge in [0.05, 0.1) is 13.3 Å². The van der Waals surface area contributed by atoms with Gasteiger partial charge in [-0.15, -0.1) is 0 Å². The van der Waals surface area contributed by atoms with E-state index in [0.717, 1.165) is 11.3 Å². The van der Waals surface area contributed by atoms with E-state index in [2.05, 4.69) is 9.97 Å². The van der Waals surface area contributed by atoms with Crippen molar-refractivity contribution < 1.29 is 9.53 Å². The molecule has 0 bridgehead atoms. The van der Waals surface area contributed by atoms with Crippen molar-refractivity contribution in [3.8, 4) is 5.75 Å². The number of nitrogens with zero attached hydrogens (tertiary/aromatic N) is 2. The lowest BCUT2D eigenvalue weighted by atomic mass is 10.1. The molecule has 2 rings (SSSR count). The van der Waals surface area contributed by atoms with Gasteiger partial charge in [0.15, 0.2) is 0 Å². The molecule has 4 nitrogen and oxygen atoms in total. The van der Waals surface area contributed by atoms with Crippen molar-refractivity contribution in [2.45, 2.75) is 6.92 Å². The molecule has 0 spiro atoms. The molecule has 0 radical (unpaired) electrons. The van der Waals surface area contributed by atoms with Gasteiger partial charge in [-0.1, -0.05) is 0 Å². The largest absolute Gasteiger partial charge is 0.496 e. The Balaban J connectivity index is 2.35. The first-order valence-electron chi connectivity index (χ1n) is 5.17. The number of ether oxygens (including phenoxy) is 1. The highest BCUT2D eigenvalue weighted by molar-refractivity contribution is 6.07. The van der Waals surface area contributed by atoms with E-state index in [1.54, 1.807) is 25.3 Å². The average Bonchev–Trinajstić information content (AvgIpc) is 2.39. The van der Waals surface area contributed by atoms with Gasteiger partial charge in [0.25, 0.3) is 0 Å². The van der Waals surface area contributed by atoms with Gasteiger partial charge in [-0.3, -0.25) is 9.78 Å². The highest BCUT2D eigenvalue weighted by Gasteiger charge is 2.11. The molecule has 0 N–H and O–H groups in total. The van der Waals surface area contributed by atoms with E-state index in [0.29, 0.717) is 11.3 Å². The SMILES string of the molecule is COc1ccc(C(=O)c2cnccn2)cc1C. The molecular formula is C13H12N2O2. The molecule has 0 aliphatic heterocycles. The maximum Gasteiger partial charge on any atom is 0.212 e. The highest BCUT2D eigenvalue weighted by Crippen LogP contribution is 2.19. The van der Waals surface area contributed by atoms with Crippen LogP contribution in [0.2, 0.25) is 0 Å². The van der Waals surface area contributed by atoms with Gasteiger partial charge in [0.2, 0.25) is 5.78 Å². The molecule has 0 saturated heterocycles. The van der Waals surface area contributed by atoms with Crippen LogP contribution < -0.4 is 4.74 Å². The van der Waals surface area contributed by atoms with Crippen LogP contribution in [0.25, 0.3) is 0 Å². The van der Waals surface area contributed by atoms with Gasteiger partial charge in [-0.25, -0.2) is 4.98 Å². The average molecular weight is 228 g/mol. The third-order valence-corrected chi connectivity index (χ3v) is 2.45. The summed E-state index contributed by atoms with van der Waals surface area (Å²) in [6, 6.07) is 5.29. The van der Waals surface area contributed by atoms with Gasteiger partial charge in [-0.05, 0) is 30.7 Å². The van der Waals surface area contributed by atoms with Crippen molar-refractivity contribution in [1.29, 1.82) is 0 Å². The summed E-state index contributed by atoms with van der Waals surface area (Å²) in [7, 11) is 1.60. The second-order valence-corrected chi connectivity index (χ2v) is 3.60. The summed E-state index contributed by atoms with van der Waals surface area (Å²) in [6.07, 6.45) is 4.50. The zero-order valence-electron chi connectivity index (χ0n) is 9.68. The van der Waals surface area contributed by atoms with Crippen LogP contribution in [-0.4, -0.2) is 22.9 Å². The Morgan fingerprint density at radius 1 is 1.29 bits per heavy atom. The van der Waals surface area contributed by atoms with Crippen molar-refractivity contribution in [3.05, 3.63) is 53.6 Å². The zero-order chi connectivity index (χ0) is 12.3. The number of carbonyl (C=O) groups is 1. The van der Waals surface area contributed by atoms with Crippen LogP contribution in [0.4, 0.5) is 0 Å². The van der Waals surface area contributed by atoms with E-state index < -0.39 is 0 Å². The molecule has 0 fully saturated rings. The number of methoxy groups -OCH3 is 1. The van der Waals surface area contributed by atoms with Crippen LogP contribution in [-0.2, 0) is 0 Å². The fourth-order valence-electron chi connectivity index (χ4n) is 1.58. The predicted octanol–water partition coefficient (Wildman–Crippen LogP) is 2.02. The van der Waals surface area contributed by atoms with Crippen molar-refractivity contribution in [2.75, 3.05) is 7.11 Å². The van der Waals surface area contributed by atoms with Gasteiger partial charge in [0.1, 0.15) is 11.4 Å². The molecule has 17 heavy (non-hydrogen) atoms. The van der Waals surface area contributed by atoms with Crippen LogP contribution >= 0.6 is 0 Å². The first-order chi connectivity index (χ1) is 8.22. The highest BCUT2D eigenvalue weighted by atomic mass is 16.5. The Kier molecular flexibility index (Phi) is 3.14. The molecule has 4 heteroatoms. The summed E-state index contributed by atoms with van der Waals surface area (Å²) < 4.78 is 5.15. The van der Waals surface area contributed by atoms with Crippen LogP contribution in [0.15, 0.2) is 36.8 Å². The smallest absolute Gasteiger partial charge is 0.212 e. The second-order valence-electron chi connectivity index (χ2n) is 3.60. The van der Waals surface area contributed by atoms with E-state index in [4.69, 9.17) is 4.74 Å². The van der Waals surface area contributed by atoms with E-state index >= 15 is 0 Å². The summed E-state index contributed by atoms with van der Waals surface area (Å²) >= 11 is 0. The lowest BCUT2D eigenvalue weighted by Gasteiger charge is -2.06. The van der Waals surface area contributed by atoms with Crippen molar-refractivity contribution in [3.63, 3.8) is 0 Å².